The number of fused-ring (bicyclic) bond motifs is 1. The lowest BCUT2D eigenvalue weighted by atomic mass is 10.1. The number of nitrogens with zero attached hydrogens (tertiary/aromatic N) is 3. The second kappa shape index (κ2) is 8.19. The number of rotatable bonds is 4. The number of carbonyl (C=O) groups excluding carboxylic acids is 1. The van der Waals surface area contributed by atoms with Crippen molar-refractivity contribution in [2.45, 2.75) is 33.1 Å². The van der Waals surface area contributed by atoms with Crippen LogP contribution in [0.3, 0.4) is 0 Å². The second-order valence-corrected chi connectivity index (χ2v) is 6.51. The Morgan fingerprint density at radius 1 is 1.19 bits per heavy atom. The lowest BCUT2D eigenvalue weighted by molar-refractivity contribution is 0.0751. The van der Waals surface area contributed by atoms with Gasteiger partial charge in [-0.15, -0.1) is 0 Å². The number of hydrazine groups is 1. The number of amides is 1. The van der Waals surface area contributed by atoms with Gasteiger partial charge in [0.1, 0.15) is 0 Å². The fourth-order valence-electron chi connectivity index (χ4n) is 3.14. The lowest BCUT2D eigenvalue weighted by Crippen LogP contribution is -2.45. The van der Waals surface area contributed by atoms with Gasteiger partial charge in [0.25, 0.3) is 5.91 Å². The Hall–Kier alpha value is -2.60. The molecule has 1 amide bonds. The topological polar surface area (TPSA) is 57.6 Å². The van der Waals surface area contributed by atoms with Crippen molar-refractivity contribution in [3.8, 4) is 0 Å². The highest BCUT2D eigenvalue weighted by molar-refractivity contribution is 6.09. The van der Waals surface area contributed by atoms with Crippen LogP contribution in [0.2, 0.25) is 0 Å². The highest BCUT2D eigenvalue weighted by Gasteiger charge is 2.17. The van der Waals surface area contributed by atoms with Gasteiger partial charge in [0.15, 0.2) is 5.82 Å². The standard InChI is InChI=1S/C20H23FN4O/c1-14(21)12-15(2)23-19-17-9-5-4-8-16(17)18(13-22-19)20(26)24-25-10-6-3-7-11-25/h4-5,8-9,12-13H,3,6-7,10-11H2,1-2H3,(H,24,26)/b14-12+,23-15?. The largest absolute Gasteiger partial charge is 0.285 e. The third-order valence-corrected chi connectivity index (χ3v) is 4.32. The van der Waals surface area contributed by atoms with Crippen molar-refractivity contribution in [2.75, 3.05) is 13.1 Å². The normalized spacial score (nSPS) is 16.7. The van der Waals surface area contributed by atoms with Gasteiger partial charge in [-0.25, -0.2) is 19.4 Å². The number of aromatic nitrogens is 1. The molecule has 1 fully saturated rings. The molecule has 3 rings (SSSR count). The van der Waals surface area contributed by atoms with Gasteiger partial charge in [0.2, 0.25) is 0 Å². The van der Waals surface area contributed by atoms with Crippen molar-refractivity contribution in [3.63, 3.8) is 0 Å². The molecule has 26 heavy (non-hydrogen) atoms. The molecule has 136 valence electrons. The number of hydrogen-bond donors (Lipinski definition) is 1. The van der Waals surface area contributed by atoms with Crippen LogP contribution in [0.25, 0.3) is 10.8 Å². The van der Waals surface area contributed by atoms with Crippen LogP contribution in [-0.2, 0) is 0 Å². The molecular formula is C20H23FN4O. The Morgan fingerprint density at radius 3 is 2.58 bits per heavy atom. The molecule has 0 radical (unpaired) electrons. The van der Waals surface area contributed by atoms with Crippen molar-refractivity contribution < 1.29 is 9.18 Å². The van der Waals surface area contributed by atoms with E-state index < -0.39 is 0 Å². The van der Waals surface area contributed by atoms with E-state index in [1.165, 1.54) is 19.4 Å². The SMILES string of the molecule is CC(/C=C(\C)F)=Nc1ncc(C(=O)NN2CCCCC2)c2ccccc12. The van der Waals surface area contributed by atoms with Crippen LogP contribution in [0, 0.1) is 0 Å². The maximum atomic E-state index is 13.1. The van der Waals surface area contributed by atoms with Crippen LogP contribution < -0.4 is 5.43 Å². The van der Waals surface area contributed by atoms with E-state index in [1.54, 1.807) is 13.1 Å². The quantitative estimate of drug-likeness (QED) is 0.832. The molecule has 1 aliphatic rings. The van der Waals surface area contributed by atoms with Crippen molar-refractivity contribution in [1.82, 2.24) is 15.4 Å². The fourth-order valence-corrected chi connectivity index (χ4v) is 3.14. The number of aliphatic imine (C=N–C) groups is 1. The molecule has 1 aliphatic heterocycles. The van der Waals surface area contributed by atoms with Gasteiger partial charge >= 0.3 is 0 Å². The van der Waals surface area contributed by atoms with E-state index in [9.17, 15) is 9.18 Å². The van der Waals surface area contributed by atoms with Gasteiger partial charge in [-0.3, -0.25) is 10.2 Å². The minimum atomic E-state index is -0.312. The zero-order valence-electron chi connectivity index (χ0n) is 15.1. The lowest BCUT2D eigenvalue weighted by Gasteiger charge is -2.26. The van der Waals surface area contributed by atoms with E-state index in [0.717, 1.165) is 36.7 Å². The summed E-state index contributed by atoms with van der Waals surface area (Å²) in [6.45, 7) is 4.83. The van der Waals surface area contributed by atoms with Crippen LogP contribution in [0.15, 0.2) is 47.4 Å². The van der Waals surface area contributed by atoms with Gasteiger partial charge in [0, 0.05) is 30.4 Å². The molecular weight excluding hydrogens is 331 g/mol. The highest BCUT2D eigenvalue weighted by Crippen LogP contribution is 2.27. The van der Waals surface area contributed by atoms with Gasteiger partial charge in [-0.2, -0.15) is 0 Å². The molecule has 0 atom stereocenters. The Balaban J connectivity index is 1.94. The predicted molar refractivity (Wildman–Crippen MR) is 102 cm³/mol. The van der Waals surface area contributed by atoms with Crippen LogP contribution in [0.5, 0.6) is 0 Å². The summed E-state index contributed by atoms with van der Waals surface area (Å²) >= 11 is 0. The number of allylic oxidation sites excluding steroid dienone is 2. The third kappa shape index (κ3) is 4.32. The zero-order chi connectivity index (χ0) is 18.5. The van der Waals surface area contributed by atoms with E-state index in [0.29, 0.717) is 17.1 Å². The van der Waals surface area contributed by atoms with Gasteiger partial charge in [-0.05, 0) is 38.2 Å². The Bertz CT molecular complexity index is 865. The predicted octanol–water partition coefficient (Wildman–Crippen LogP) is 4.33. The zero-order valence-corrected chi connectivity index (χ0v) is 15.1. The number of carbonyl (C=O) groups is 1. The molecule has 2 heterocycles. The summed E-state index contributed by atoms with van der Waals surface area (Å²) in [7, 11) is 0. The van der Waals surface area contributed by atoms with Crippen LogP contribution in [0.1, 0.15) is 43.5 Å². The summed E-state index contributed by atoms with van der Waals surface area (Å²) in [5, 5.41) is 3.51. The summed E-state index contributed by atoms with van der Waals surface area (Å²) in [6.07, 6.45) is 6.28. The summed E-state index contributed by atoms with van der Waals surface area (Å²) in [5.74, 6) is 0.000516. The molecule has 1 aromatic heterocycles. The summed E-state index contributed by atoms with van der Waals surface area (Å²) in [4.78, 5) is 21.5. The van der Waals surface area contributed by atoms with Crippen molar-refractivity contribution in [3.05, 3.63) is 47.9 Å². The molecule has 0 bridgehead atoms. The van der Waals surface area contributed by atoms with E-state index in [4.69, 9.17) is 0 Å². The van der Waals surface area contributed by atoms with Crippen molar-refractivity contribution >= 4 is 28.2 Å². The van der Waals surface area contributed by atoms with Gasteiger partial charge < -0.3 is 0 Å². The van der Waals surface area contributed by atoms with E-state index in [2.05, 4.69) is 15.4 Å². The molecule has 5 nitrogen and oxygen atoms in total. The molecule has 0 saturated carbocycles. The first kappa shape index (κ1) is 18.2. The minimum absolute atomic E-state index is 0.164. The molecule has 0 unspecified atom stereocenters. The van der Waals surface area contributed by atoms with E-state index in [1.807, 2.05) is 29.3 Å². The maximum absolute atomic E-state index is 13.1. The van der Waals surface area contributed by atoms with Crippen LogP contribution in [0.4, 0.5) is 10.2 Å². The van der Waals surface area contributed by atoms with Gasteiger partial charge in [-0.1, -0.05) is 30.7 Å². The van der Waals surface area contributed by atoms with Crippen molar-refractivity contribution in [1.29, 1.82) is 0 Å². The Kier molecular flexibility index (Phi) is 5.73. The molecule has 1 saturated heterocycles. The molecule has 0 spiro atoms. The first-order valence-corrected chi connectivity index (χ1v) is 8.87. The van der Waals surface area contributed by atoms with Crippen LogP contribution >= 0.6 is 0 Å². The molecule has 2 aromatic rings. The van der Waals surface area contributed by atoms with Gasteiger partial charge in [0.05, 0.1) is 11.4 Å². The van der Waals surface area contributed by atoms with E-state index in [-0.39, 0.29) is 11.7 Å². The minimum Gasteiger partial charge on any atom is -0.285 e. The molecule has 0 aliphatic carbocycles. The Labute approximate surface area is 152 Å². The van der Waals surface area contributed by atoms with E-state index >= 15 is 0 Å². The first-order chi connectivity index (χ1) is 12.5. The number of pyridine rings is 1. The summed E-state index contributed by atoms with van der Waals surface area (Å²) in [6, 6.07) is 7.51. The number of nitrogens with one attached hydrogen (secondary N) is 1. The first-order valence-electron chi connectivity index (χ1n) is 8.87. The number of hydrogen-bond acceptors (Lipinski definition) is 4. The average molecular weight is 354 g/mol. The number of halogens is 1. The molecule has 6 heteroatoms. The number of benzene rings is 1. The number of piperidine rings is 1. The fraction of sp³-hybridized carbons (Fsp3) is 0.350. The third-order valence-electron chi connectivity index (χ3n) is 4.32. The molecule has 1 N–H and O–H groups in total. The monoisotopic (exact) mass is 354 g/mol. The average Bonchev–Trinajstić information content (AvgIpc) is 2.62. The maximum Gasteiger partial charge on any atom is 0.267 e. The second-order valence-electron chi connectivity index (χ2n) is 6.51. The smallest absolute Gasteiger partial charge is 0.267 e. The van der Waals surface area contributed by atoms with Crippen LogP contribution in [-0.4, -0.2) is 34.7 Å². The highest BCUT2D eigenvalue weighted by atomic mass is 19.1. The summed E-state index contributed by atoms with van der Waals surface area (Å²) < 4.78 is 13.1. The summed E-state index contributed by atoms with van der Waals surface area (Å²) in [5.41, 5.74) is 4.01. The van der Waals surface area contributed by atoms with Crippen molar-refractivity contribution in [2.24, 2.45) is 4.99 Å². The Morgan fingerprint density at radius 2 is 1.88 bits per heavy atom. The molecule has 1 aromatic carbocycles.